The first-order chi connectivity index (χ1) is 26.0. The molecule has 0 fully saturated rings. The monoisotopic (exact) mass is 679 g/mol. The van der Waals surface area contributed by atoms with Crippen LogP contribution in [-0.4, -0.2) is 0 Å². The number of nitrogens with zero attached hydrogens (tertiary/aromatic N) is 1. The van der Waals surface area contributed by atoms with Gasteiger partial charge in [0.1, 0.15) is 11.5 Å². The first-order valence-electron chi connectivity index (χ1n) is 18.6. The zero-order chi connectivity index (χ0) is 35.5. The van der Waals surface area contributed by atoms with Crippen LogP contribution in [0.5, 0.6) is 11.5 Å². The molecule has 0 amide bonds. The minimum atomic E-state index is -0.575. The van der Waals surface area contributed by atoms with Crippen LogP contribution in [0.1, 0.15) is 52.8 Å². The Balaban J connectivity index is 1.24. The zero-order valence-electron chi connectivity index (χ0n) is 30.0. The van der Waals surface area contributed by atoms with Gasteiger partial charge in [-0.05, 0) is 87.1 Å². The fraction of sp³-hybridized carbons (Fsp3) is 0.0980. The van der Waals surface area contributed by atoms with Gasteiger partial charge in [0.05, 0.1) is 11.1 Å². The van der Waals surface area contributed by atoms with Gasteiger partial charge in [-0.15, -0.1) is 0 Å². The molecule has 0 aromatic heterocycles. The molecule has 8 aromatic carbocycles. The minimum absolute atomic E-state index is 0.0642. The predicted molar refractivity (Wildman–Crippen MR) is 218 cm³/mol. The second-order valence-corrected chi connectivity index (χ2v) is 15.3. The first-order valence-corrected chi connectivity index (χ1v) is 18.6. The first kappa shape index (κ1) is 30.3. The Labute approximate surface area is 310 Å². The molecular weight excluding hydrogens is 643 g/mol. The van der Waals surface area contributed by atoms with Crippen LogP contribution in [0.3, 0.4) is 0 Å². The van der Waals surface area contributed by atoms with Gasteiger partial charge in [-0.1, -0.05) is 153 Å². The Hall–Kier alpha value is -6.38. The summed E-state index contributed by atoms with van der Waals surface area (Å²) in [6.45, 7) is 6.93. The van der Waals surface area contributed by atoms with Crippen molar-refractivity contribution >= 4 is 27.8 Å². The van der Waals surface area contributed by atoms with Crippen LogP contribution in [0.25, 0.3) is 33.0 Å². The van der Waals surface area contributed by atoms with Gasteiger partial charge in [0.15, 0.2) is 0 Å². The molecule has 0 saturated carbocycles. The molecule has 3 aliphatic rings. The average molecular weight is 680 g/mol. The van der Waals surface area contributed by atoms with Crippen molar-refractivity contribution < 1.29 is 4.74 Å². The summed E-state index contributed by atoms with van der Waals surface area (Å²) in [6, 6.07) is 62.6. The maximum atomic E-state index is 6.92. The van der Waals surface area contributed by atoms with Gasteiger partial charge < -0.3 is 9.64 Å². The third-order valence-corrected chi connectivity index (χ3v) is 12.3. The van der Waals surface area contributed by atoms with Crippen molar-refractivity contribution in [2.75, 3.05) is 4.90 Å². The van der Waals surface area contributed by atoms with Crippen LogP contribution in [0.2, 0.25) is 0 Å². The maximum Gasteiger partial charge on any atom is 0.140 e. The van der Waals surface area contributed by atoms with E-state index in [4.69, 9.17) is 4.74 Å². The summed E-state index contributed by atoms with van der Waals surface area (Å²) in [4.78, 5) is 2.50. The molecular formula is C51H37NO. The Morgan fingerprint density at radius 2 is 1.11 bits per heavy atom. The van der Waals surface area contributed by atoms with Crippen molar-refractivity contribution in [3.05, 3.63) is 209 Å². The molecule has 0 radical (unpaired) electrons. The summed E-state index contributed by atoms with van der Waals surface area (Å²) >= 11 is 0. The Morgan fingerprint density at radius 3 is 1.98 bits per heavy atom. The van der Waals surface area contributed by atoms with E-state index < -0.39 is 5.41 Å². The van der Waals surface area contributed by atoms with Crippen molar-refractivity contribution in [1.29, 1.82) is 0 Å². The zero-order valence-corrected chi connectivity index (χ0v) is 30.0. The number of benzene rings is 8. The molecule has 1 unspecified atom stereocenters. The highest BCUT2D eigenvalue weighted by molar-refractivity contribution is 6.01. The number of aryl methyl sites for hydroxylation is 1. The molecule has 0 saturated heterocycles. The third kappa shape index (κ3) is 3.93. The molecule has 1 aliphatic heterocycles. The number of fused-ring (bicyclic) bond motifs is 14. The normalized spacial score (nSPS) is 16.6. The van der Waals surface area contributed by atoms with E-state index in [0.717, 1.165) is 28.3 Å². The van der Waals surface area contributed by atoms with Gasteiger partial charge in [-0.2, -0.15) is 0 Å². The Morgan fingerprint density at radius 1 is 0.472 bits per heavy atom. The highest BCUT2D eigenvalue weighted by Crippen LogP contribution is 2.65. The molecule has 2 heteroatoms. The third-order valence-electron chi connectivity index (χ3n) is 12.3. The van der Waals surface area contributed by atoms with Crippen LogP contribution in [0.4, 0.5) is 17.1 Å². The van der Waals surface area contributed by atoms with Gasteiger partial charge in [-0.25, -0.2) is 0 Å². The molecule has 11 rings (SSSR count). The van der Waals surface area contributed by atoms with Crippen LogP contribution in [0, 0.1) is 6.92 Å². The van der Waals surface area contributed by atoms with E-state index in [1.54, 1.807) is 0 Å². The van der Waals surface area contributed by atoms with Crippen LogP contribution in [-0.2, 0) is 10.8 Å². The molecule has 2 aliphatic carbocycles. The summed E-state index contributed by atoms with van der Waals surface area (Å²) in [5.41, 5.74) is 16.9. The van der Waals surface area contributed by atoms with Crippen LogP contribution in [0.15, 0.2) is 170 Å². The molecule has 0 N–H and O–H groups in total. The van der Waals surface area contributed by atoms with Crippen molar-refractivity contribution in [1.82, 2.24) is 0 Å². The minimum Gasteiger partial charge on any atom is -0.456 e. The predicted octanol–water partition coefficient (Wildman–Crippen LogP) is 13.4. The Kier molecular flexibility index (Phi) is 6.18. The van der Waals surface area contributed by atoms with Crippen molar-refractivity contribution in [2.45, 2.75) is 31.6 Å². The van der Waals surface area contributed by atoms with Crippen molar-refractivity contribution in [3.8, 4) is 33.8 Å². The van der Waals surface area contributed by atoms with Crippen LogP contribution < -0.4 is 9.64 Å². The lowest BCUT2D eigenvalue weighted by molar-refractivity contribution is 0.441. The van der Waals surface area contributed by atoms with E-state index in [0.29, 0.717) is 0 Å². The van der Waals surface area contributed by atoms with E-state index in [1.807, 2.05) is 0 Å². The summed E-state index contributed by atoms with van der Waals surface area (Å²) in [6.07, 6.45) is 0. The number of hydrogen-bond donors (Lipinski definition) is 0. The van der Waals surface area contributed by atoms with Crippen molar-refractivity contribution in [2.24, 2.45) is 0 Å². The fourth-order valence-corrected chi connectivity index (χ4v) is 9.91. The fourth-order valence-electron chi connectivity index (χ4n) is 9.91. The SMILES string of the molecule is Cc1ccccc1N(c1ccc2c(c1)-c1ccccc1C2(C)C)c1cccc2c1-c1ccccc1C21c2ccccc2Oc2c1ccc1ccccc21. The molecule has 252 valence electrons. The highest BCUT2D eigenvalue weighted by Gasteiger charge is 2.52. The van der Waals surface area contributed by atoms with E-state index in [-0.39, 0.29) is 5.41 Å². The number of para-hydroxylation sites is 2. The molecule has 1 heterocycles. The molecule has 1 atom stereocenters. The number of anilines is 3. The highest BCUT2D eigenvalue weighted by atomic mass is 16.5. The van der Waals surface area contributed by atoms with E-state index >= 15 is 0 Å². The molecule has 53 heavy (non-hydrogen) atoms. The molecule has 1 spiro atoms. The number of rotatable bonds is 3. The largest absolute Gasteiger partial charge is 0.456 e. The van der Waals surface area contributed by atoms with E-state index in [9.17, 15) is 0 Å². The van der Waals surface area contributed by atoms with Gasteiger partial charge in [0.25, 0.3) is 0 Å². The maximum absolute atomic E-state index is 6.92. The second-order valence-electron chi connectivity index (χ2n) is 15.3. The summed E-state index contributed by atoms with van der Waals surface area (Å²) in [5.74, 6) is 1.84. The lowest BCUT2D eigenvalue weighted by Crippen LogP contribution is -2.32. The standard InChI is InChI=1S/C51H37NO/c1-32-15-4-12-24-45(32)52(34-28-30-40-38(31-34)36-18-7-9-20-39(36)50(40,2)3)46-25-14-23-43-48(46)37-19-8-10-21-41(37)51(43)42-22-11-13-26-47(42)53-49-35-17-6-5-16-33(35)27-29-44(49)51/h4-31H,1-3H3. The second kappa shape index (κ2) is 10.8. The topological polar surface area (TPSA) is 12.5 Å². The van der Waals surface area contributed by atoms with E-state index in [2.05, 4.69) is 196 Å². The smallest absolute Gasteiger partial charge is 0.140 e. The van der Waals surface area contributed by atoms with Gasteiger partial charge in [-0.3, -0.25) is 0 Å². The lowest BCUT2D eigenvalue weighted by atomic mass is 9.65. The number of hydrogen-bond acceptors (Lipinski definition) is 2. The number of ether oxygens (including phenoxy) is 1. The molecule has 2 nitrogen and oxygen atoms in total. The van der Waals surface area contributed by atoms with E-state index in [1.165, 1.54) is 72.3 Å². The molecule has 8 aromatic rings. The summed E-state index contributed by atoms with van der Waals surface area (Å²) in [5, 5.41) is 2.30. The van der Waals surface area contributed by atoms with Gasteiger partial charge in [0.2, 0.25) is 0 Å². The summed E-state index contributed by atoms with van der Waals surface area (Å²) in [7, 11) is 0. The van der Waals surface area contributed by atoms with Crippen molar-refractivity contribution in [3.63, 3.8) is 0 Å². The van der Waals surface area contributed by atoms with Gasteiger partial charge in [0, 0.05) is 38.9 Å². The van der Waals surface area contributed by atoms with Crippen LogP contribution >= 0.6 is 0 Å². The summed E-state index contributed by atoms with van der Waals surface area (Å²) < 4.78 is 6.92. The Bertz CT molecular complexity index is 2830. The quantitative estimate of drug-likeness (QED) is 0.184. The average Bonchev–Trinajstić information content (AvgIpc) is 3.62. The lowest BCUT2D eigenvalue weighted by Gasteiger charge is -2.40. The van der Waals surface area contributed by atoms with Gasteiger partial charge >= 0.3 is 0 Å². The molecule has 0 bridgehead atoms.